The second-order valence-corrected chi connectivity index (χ2v) is 8.02. The number of anilines is 1. The number of thiophene rings is 1. The average Bonchev–Trinajstić information content (AvgIpc) is 2.91. The minimum atomic E-state index is -1.05. The number of hydrogen-bond acceptors (Lipinski definition) is 4. The van der Waals surface area contributed by atoms with E-state index in [1.807, 2.05) is 20.8 Å². The monoisotopic (exact) mass is 349 g/mol. The Kier molecular flexibility index (Phi) is 5.68. The number of aliphatic hydroxyl groups is 1. The second kappa shape index (κ2) is 7.37. The highest BCUT2D eigenvalue weighted by Gasteiger charge is 2.32. The van der Waals surface area contributed by atoms with Crippen LogP contribution < -0.4 is 4.90 Å². The molecule has 0 radical (unpaired) electrons. The highest BCUT2D eigenvalue weighted by Crippen LogP contribution is 2.34. The summed E-state index contributed by atoms with van der Waals surface area (Å²) in [5.41, 5.74) is 0.249. The molecular formula is C18H23NO4S. The van der Waals surface area contributed by atoms with Crippen molar-refractivity contribution in [1.29, 1.82) is 0 Å². The van der Waals surface area contributed by atoms with Gasteiger partial charge in [0.15, 0.2) is 0 Å². The summed E-state index contributed by atoms with van der Waals surface area (Å²) in [5.74, 6) is 4.72. The van der Waals surface area contributed by atoms with Crippen LogP contribution in [0.25, 0.3) is 0 Å². The first-order chi connectivity index (χ1) is 11.2. The quantitative estimate of drug-likeness (QED) is 0.819. The Morgan fingerprint density at radius 3 is 2.75 bits per heavy atom. The molecule has 0 bridgehead atoms. The van der Waals surface area contributed by atoms with E-state index in [2.05, 4.69) is 11.8 Å². The van der Waals surface area contributed by atoms with Crippen LogP contribution in [-0.2, 0) is 4.79 Å². The Morgan fingerprint density at radius 1 is 1.46 bits per heavy atom. The Morgan fingerprint density at radius 2 is 2.17 bits per heavy atom. The zero-order valence-corrected chi connectivity index (χ0v) is 15.1. The first-order valence-electron chi connectivity index (χ1n) is 8.05. The normalized spacial score (nSPS) is 18.2. The van der Waals surface area contributed by atoms with Gasteiger partial charge in [-0.3, -0.25) is 4.79 Å². The van der Waals surface area contributed by atoms with Gasteiger partial charge < -0.3 is 15.1 Å². The third-order valence-electron chi connectivity index (χ3n) is 3.79. The Hall–Kier alpha value is -1.84. The maximum absolute atomic E-state index is 12.6. The van der Waals surface area contributed by atoms with Crippen molar-refractivity contribution in [2.45, 2.75) is 40.0 Å². The lowest BCUT2D eigenvalue weighted by Gasteiger charge is -2.31. The standard InChI is InChI=1S/C18H23NO4S/c1-18(2,3)8-6-13-11-14(15(24-13)17(22)23)19-9-4-5-12(7-10-20)16(19)21/h11-12,20H,4-5,7,9-10H2,1-3H3,(H,22,23). The molecule has 1 aromatic heterocycles. The summed E-state index contributed by atoms with van der Waals surface area (Å²) in [6, 6.07) is 1.70. The zero-order chi connectivity index (χ0) is 17.9. The van der Waals surface area contributed by atoms with E-state index in [1.54, 1.807) is 11.0 Å². The first kappa shape index (κ1) is 18.5. The fourth-order valence-corrected chi connectivity index (χ4v) is 3.51. The van der Waals surface area contributed by atoms with Crippen LogP contribution in [0.2, 0.25) is 0 Å². The Labute approximate surface area is 146 Å². The van der Waals surface area contributed by atoms with E-state index in [1.165, 1.54) is 0 Å². The minimum Gasteiger partial charge on any atom is -0.477 e. The van der Waals surface area contributed by atoms with Crippen molar-refractivity contribution in [2.75, 3.05) is 18.1 Å². The van der Waals surface area contributed by atoms with Gasteiger partial charge in [-0.25, -0.2) is 4.79 Å². The van der Waals surface area contributed by atoms with E-state index < -0.39 is 5.97 Å². The maximum Gasteiger partial charge on any atom is 0.348 e. The molecule has 6 heteroatoms. The highest BCUT2D eigenvalue weighted by atomic mass is 32.1. The number of aliphatic hydroxyl groups excluding tert-OH is 1. The van der Waals surface area contributed by atoms with Crippen molar-refractivity contribution in [1.82, 2.24) is 0 Å². The zero-order valence-electron chi connectivity index (χ0n) is 14.3. The number of piperidine rings is 1. The van der Waals surface area contributed by atoms with Crippen LogP contribution in [0.5, 0.6) is 0 Å². The highest BCUT2D eigenvalue weighted by molar-refractivity contribution is 7.15. The average molecular weight is 349 g/mol. The lowest BCUT2D eigenvalue weighted by Crippen LogP contribution is -2.42. The molecule has 2 rings (SSSR count). The van der Waals surface area contributed by atoms with Crippen LogP contribution in [0, 0.1) is 23.2 Å². The molecule has 1 saturated heterocycles. The SMILES string of the molecule is CC(C)(C)C#Cc1cc(N2CCCC(CCO)C2=O)c(C(=O)O)s1. The predicted molar refractivity (Wildman–Crippen MR) is 94.4 cm³/mol. The van der Waals surface area contributed by atoms with Crippen molar-refractivity contribution in [3.8, 4) is 11.8 Å². The third-order valence-corrected chi connectivity index (χ3v) is 4.81. The molecule has 1 amide bonds. The summed E-state index contributed by atoms with van der Waals surface area (Å²) in [7, 11) is 0. The third kappa shape index (κ3) is 4.37. The van der Waals surface area contributed by atoms with E-state index in [0.717, 1.165) is 24.2 Å². The van der Waals surface area contributed by atoms with Crippen LogP contribution in [-0.4, -0.2) is 35.2 Å². The summed E-state index contributed by atoms with van der Waals surface area (Å²) >= 11 is 1.10. The predicted octanol–water partition coefficient (Wildman–Crippen LogP) is 2.97. The summed E-state index contributed by atoms with van der Waals surface area (Å²) in [4.78, 5) is 26.5. The molecule has 2 heterocycles. The topological polar surface area (TPSA) is 77.8 Å². The fraction of sp³-hybridized carbons (Fsp3) is 0.556. The van der Waals surface area contributed by atoms with Crippen LogP contribution in [0.1, 0.15) is 54.6 Å². The number of hydrogen-bond donors (Lipinski definition) is 2. The number of aromatic carboxylic acids is 1. The van der Waals surface area contributed by atoms with E-state index >= 15 is 0 Å². The van der Waals surface area contributed by atoms with Gasteiger partial charge in [0.25, 0.3) is 0 Å². The Bertz CT molecular complexity index is 688. The minimum absolute atomic E-state index is 0.0397. The molecule has 0 aromatic carbocycles. The van der Waals surface area contributed by atoms with E-state index in [4.69, 9.17) is 5.11 Å². The van der Waals surface area contributed by atoms with Crippen molar-refractivity contribution in [2.24, 2.45) is 11.3 Å². The van der Waals surface area contributed by atoms with Gasteiger partial charge in [0.1, 0.15) is 4.88 Å². The van der Waals surface area contributed by atoms with Crippen molar-refractivity contribution in [3.05, 3.63) is 15.8 Å². The molecule has 1 atom stereocenters. The van der Waals surface area contributed by atoms with Crippen LogP contribution >= 0.6 is 11.3 Å². The van der Waals surface area contributed by atoms with E-state index in [-0.39, 0.29) is 28.7 Å². The van der Waals surface area contributed by atoms with Gasteiger partial charge in [-0.1, -0.05) is 11.8 Å². The van der Waals surface area contributed by atoms with Gasteiger partial charge in [0.2, 0.25) is 5.91 Å². The van der Waals surface area contributed by atoms with Crippen molar-refractivity contribution >= 4 is 28.9 Å². The lowest BCUT2D eigenvalue weighted by atomic mass is 9.93. The van der Waals surface area contributed by atoms with Crippen molar-refractivity contribution < 1.29 is 19.8 Å². The second-order valence-electron chi connectivity index (χ2n) is 6.97. The van der Waals surface area contributed by atoms with Gasteiger partial charge in [-0.15, -0.1) is 11.3 Å². The fourth-order valence-electron chi connectivity index (χ4n) is 2.66. The molecule has 1 aliphatic rings. The number of nitrogens with zero attached hydrogens (tertiary/aromatic N) is 1. The van der Waals surface area contributed by atoms with Gasteiger partial charge >= 0.3 is 5.97 Å². The summed E-state index contributed by atoms with van der Waals surface area (Å²) < 4.78 is 0. The molecule has 0 spiro atoms. The smallest absolute Gasteiger partial charge is 0.348 e. The molecule has 1 aliphatic heterocycles. The first-order valence-corrected chi connectivity index (χ1v) is 8.87. The molecule has 1 unspecified atom stereocenters. The van der Waals surface area contributed by atoms with Gasteiger partial charge in [-0.05, 0) is 46.1 Å². The number of carbonyl (C=O) groups is 2. The molecule has 1 fully saturated rings. The number of carboxylic acids is 1. The van der Waals surface area contributed by atoms with Gasteiger partial charge in [0, 0.05) is 24.5 Å². The van der Waals surface area contributed by atoms with E-state index in [9.17, 15) is 14.7 Å². The molecule has 2 N–H and O–H groups in total. The molecule has 5 nitrogen and oxygen atoms in total. The molecule has 0 aliphatic carbocycles. The molecule has 24 heavy (non-hydrogen) atoms. The molecule has 1 aromatic rings. The van der Waals surface area contributed by atoms with Crippen LogP contribution in [0.15, 0.2) is 6.07 Å². The number of amides is 1. The van der Waals surface area contributed by atoms with Gasteiger partial charge in [0.05, 0.1) is 10.6 Å². The van der Waals surface area contributed by atoms with Gasteiger partial charge in [-0.2, -0.15) is 0 Å². The summed E-state index contributed by atoms with van der Waals surface area (Å²) in [6.07, 6.45) is 1.95. The van der Waals surface area contributed by atoms with E-state index in [0.29, 0.717) is 23.5 Å². The number of rotatable bonds is 4. The lowest BCUT2D eigenvalue weighted by molar-refractivity contribution is -0.124. The Balaban J connectivity index is 2.37. The molecular weight excluding hydrogens is 326 g/mol. The molecule has 130 valence electrons. The maximum atomic E-state index is 12.6. The molecule has 0 saturated carbocycles. The summed E-state index contributed by atoms with van der Waals surface area (Å²) in [6.45, 7) is 6.42. The summed E-state index contributed by atoms with van der Waals surface area (Å²) in [5, 5.41) is 18.6. The van der Waals surface area contributed by atoms with Crippen LogP contribution in [0.4, 0.5) is 5.69 Å². The van der Waals surface area contributed by atoms with Crippen molar-refractivity contribution in [3.63, 3.8) is 0 Å². The number of carbonyl (C=O) groups excluding carboxylic acids is 1. The number of carboxylic acid groups (broad SMARTS) is 1. The largest absolute Gasteiger partial charge is 0.477 e. The van der Waals surface area contributed by atoms with Crippen LogP contribution in [0.3, 0.4) is 0 Å².